The highest BCUT2D eigenvalue weighted by molar-refractivity contribution is 5.84. The molecule has 0 aliphatic rings. The van der Waals surface area contributed by atoms with Crippen molar-refractivity contribution in [3.8, 4) is 0 Å². The molecule has 1 aromatic rings. The van der Waals surface area contributed by atoms with Crippen LogP contribution in [0, 0.1) is 5.41 Å². The van der Waals surface area contributed by atoms with E-state index in [1.807, 2.05) is 51.1 Å². The molecule has 0 saturated carbocycles. The van der Waals surface area contributed by atoms with Gasteiger partial charge in [-0.15, -0.1) is 0 Å². The molecule has 0 radical (unpaired) electrons. The number of hydrogen-bond acceptors (Lipinski definition) is 9. The number of benzene rings is 1. The molecule has 45 heavy (non-hydrogen) atoms. The predicted octanol–water partition coefficient (Wildman–Crippen LogP) is 3.81. The van der Waals surface area contributed by atoms with Gasteiger partial charge in [0.2, 0.25) is 5.91 Å². The van der Waals surface area contributed by atoms with Gasteiger partial charge in [-0.25, -0.2) is 9.59 Å². The van der Waals surface area contributed by atoms with Crippen LogP contribution in [0.2, 0.25) is 0 Å². The second kappa shape index (κ2) is 19.6. The molecule has 0 aliphatic heterocycles. The molecule has 0 unspecified atom stereocenters. The average molecular weight is 635 g/mol. The van der Waals surface area contributed by atoms with Crippen molar-refractivity contribution in [1.29, 1.82) is 0 Å². The summed E-state index contributed by atoms with van der Waals surface area (Å²) in [6.07, 6.45) is 2.85. The SMILES string of the molecule is CC(C)(C)OC(=O)CC[C@H](NC(=O)N[C@@H](CCCCNC(=O)[C@@H](N)Cc1ccccc1)C(C)(C)C)C(=O)OC(C)(C)C.O=C=O. The fourth-order valence-electron chi connectivity index (χ4n) is 4.13. The Morgan fingerprint density at radius 1 is 0.822 bits per heavy atom. The van der Waals surface area contributed by atoms with Crippen LogP contribution >= 0.6 is 0 Å². The summed E-state index contributed by atoms with van der Waals surface area (Å²) in [5, 5.41) is 8.60. The number of carbonyl (C=O) groups is 4. The molecule has 0 heterocycles. The lowest BCUT2D eigenvalue weighted by molar-refractivity contribution is -0.191. The van der Waals surface area contributed by atoms with Crippen molar-refractivity contribution < 1.29 is 38.2 Å². The van der Waals surface area contributed by atoms with Crippen molar-refractivity contribution in [3.05, 3.63) is 35.9 Å². The van der Waals surface area contributed by atoms with E-state index in [0.29, 0.717) is 19.4 Å². The first-order valence-electron chi connectivity index (χ1n) is 15.3. The van der Waals surface area contributed by atoms with Gasteiger partial charge in [0.05, 0.1) is 6.04 Å². The van der Waals surface area contributed by atoms with Crippen LogP contribution in [-0.4, -0.2) is 65.9 Å². The van der Waals surface area contributed by atoms with Crippen LogP contribution in [0.25, 0.3) is 0 Å². The minimum Gasteiger partial charge on any atom is -0.460 e. The Balaban J connectivity index is 0.00000618. The molecule has 12 nitrogen and oxygen atoms in total. The van der Waals surface area contributed by atoms with Crippen LogP contribution in [0.5, 0.6) is 0 Å². The molecule has 254 valence electrons. The van der Waals surface area contributed by atoms with Crippen molar-refractivity contribution in [2.45, 2.75) is 130 Å². The van der Waals surface area contributed by atoms with E-state index in [-0.39, 0.29) is 36.4 Å². The van der Waals surface area contributed by atoms with Gasteiger partial charge in [0.1, 0.15) is 17.2 Å². The molecule has 5 N–H and O–H groups in total. The Morgan fingerprint density at radius 2 is 1.38 bits per heavy atom. The Kier molecular flexibility index (Phi) is 18.0. The number of rotatable bonds is 14. The van der Waals surface area contributed by atoms with Crippen LogP contribution in [0.15, 0.2) is 30.3 Å². The van der Waals surface area contributed by atoms with Crippen LogP contribution < -0.4 is 21.7 Å². The Labute approximate surface area is 267 Å². The largest absolute Gasteiger partial charge is 0.460 e. The van der Waals surface area contributed by atoms with Crippen molar-refractivity contribution in [3.63, 3.8) is 0 Å². The molecule has 0 spiro atoms. The fraction of sp³-hybridized carbons (Fsp3) is 0.667. The van der Waals surface area contributed by atoms with Gasteiger partial charge in [0, 0.05) is 19.0 Å². The topological polar surface area (TPSA) is 183 Å². The van der Waals surface area contributed by atoms with E-state index in [9.17, 15) is 19.2 Å². The number of nitrogens with one attached hydrogen (secondary N) is 3. The predicted molar refractivity (Wildman–Crippen MR) is 170 cm³/mol. The lowest BCUT2D eigenvalue weighted by atomic mass is 9.84. The molecule has 0 aromatic heterocycles. The van der Waals surface area contributed by atoms with Gasteiger partial charge >= 0.3 is 24.1 Å². The van der Waals surface area contributed by atoms with E-state index >= 15 is 0 Å². The third kappa shape index (κ3) is 20.8. The van der Waals surface area contributed by atoms with Crippen molar-refractivity contribution in [2.75, 3.05) is 6.54 Å². The normalized spacial score (nSPS) is 13.5. The average Bonchev–Trinajstić information content (AvgIpc) is 2.88. The van der Waals surface area contributed by atoms with Crippen molar-refractivity contribution >= 4 is 30.0 Å². The fourth-order valence-corrected chi connectivity index (χ4v) is 4.13. The molecule has 12 heteroatoms. The van der Waals surface area contributed by atoms with Crippen LogP contribution in [0.4, 0.5) is 4.79 Å². The van der Waals surface area contributed by atoms with Gasteiger partial charge in [-0.2, -0.15) is 9.59 Å². The summed E-state index contributed by atoms with van der Waals surface area (Å²) in [7, 11) is 0. The zero-order valence-corrected chi connectivity index (χ0v) is 28.4. The monoisotopic (exact) mass is 634 g/mol. The molecule has 3 atom stereocenters. The quantitative estimate of drug-likeness (QED) is 0.175. The van der Waals surface area contributed by atoms with E-state index in [1.165, 1.54) is 0 Å². The van der Waals surface area contributed by atoms with E-state index in [0.717, 1.165) is 18.4 Å². The highest BCUT2D eigenvalue weighted by Crippen LogP contribution is 2.23. The maximum atomic E-state index is 13.0. The highest BCUT2D eigenvalue weighted by Gasteiger charge is 2.31. The maximum Gasteiger partial charge on any atom is 0.373 e. The van der Waals surface area contributed by atoms with Gasteiger partial charge in [-0.3, -0.25) is 9.59 Å². The van der Waals surface area contributed by atoms with Crippen molar-refractivity contribution in [1.82, 2.24) is 16.0 Å². The van der Waals surface area contributed by atoms with E-state index in [2.05, 4.69) is 16.0 Å². The van der Waals surface area contributed by atoms with Gasteiger partial charge in [-0.05, 0) is 84.6 Å². The number of unbranched alkanes of at least 4 members (excludes halogenated alkanes) is 1. The molecule has 0 fully saturated rings. The Hall–Kier alpha value is -3.76. The zero-order valence-electron chi connectivity index (χ0n) is 28.4. The molecule has 0 aliphatic carbocycles. The molecule has 3 amide bonds. The lowest BCUT2D eigenvalue weighted by Crippen LogP contribution is -2.53. The minimum absolute atomic E-state index is 0.0452. The zero-order chi connectivity index (χ0) is 34.8. The molecular formula is C33H54N4O8. The van der Waals surface area contributed by atoms with E-state index in [1.54, 1.807) is 41.5 Å². The number of amides is 3. The first kappa shape index (κ1) is 41.2. The van der Waals surface area contributed by atoms with Crippen LogP contribution in [0.3, 0.4) is 0 Å². The second-order valence-electron chi connectivity index (χ2n) is 13.9. The minimum atomic E-state index is -1.02. The third-order valence-electron chi connectivity index (χ3n) is 6.26. The summed E-state index contributed by atoms with van der Waals surface area (Å²) in [5.41, 5.74) is 5.39. The van der Waals surface area contributed by atoms with E-state index < -0.39 is 41.3 Å². The number of nitrogens with two attached hydrogens (primary N) is 1. The lowest BCUT2D eigenvalue weighted by Gasteiger charge is -2.32. The summed E-state index contributed by atoms with van der Waals surface area (Å²) in [5.74, 6) is -1.27. The number of hydrogen-bond donors (Lipinski definition) is 4. The van der Waals surface area contributed by atoms with Gasteiger partial charge in [-0.1, -0.05) is 51.1 Å². The van der Waals surface area contributed by atoms with Gasteiger partial charge < -0.3 is 31.2 Å². The maximum absolute atomic E-state index is 13.0. The number of urea groups is 1. The molecule has 0 bridgehead atoms. The first-order valence-corrected chi connectivity index (χ1v) is 15.3. The summed E-state index contributed by atoms with van der Waals surface area (Å²) in [4.78, 5) is 66.8. The number of carbonyl (C=O) groups excluding carboxylic acids is 6. The smallest absolute Gasteiger partial charge is 0.373 e. The summed E-state index contributed by atoms with van der Waals surface area (Å²) in [6, 6.07) is 7.28. The third-order valence-corrected chi connectivity index (χ3v) is 6.26. The van der Waals surface area contributed by atoms with Crippen LogP contribution in [-0.2, 0) is 39.9 Å². The molecule has 1 rings (SSSR count). The highest BCUT2D eigenvalue weighted by atomic mass is 16.6. The second-order valence-corrected chi connectivity index (χ2v) is 13.9. The Morgan fingerprint density at radius 3 is 1.89 bits per heavy atom. The Bertz CT molecular complexity index is 1100. The molecule has 0 saturated heterocycles. The molecule has 1 aromatic carbocycles. The summed E-state index contributed by atoms with van der Waals surface area (Å²) < 4.78 is 10.8. The number of esters is 2. The van der Waals surface area contributed by atoms with Crippen LogP contribution in [0.1, 0.15) is 100.0 Å². The number of ether oxygens (including phenoxy) is 2. The standard InChI is InChI=1S/C32H54N4O6.CO2/c1-30(2,3)25(17-13-14-20-34-27(38)23(33)21-22-15-11-10-12-16-22)36-29(40)35-24(28(39)42-32(7,8)9)18-19-26(37)41-31(4,5)6;2-1-3/h10-12,15-16,23-25H,13-14,17-21,33H2,1-9H3,(H,34,38)(H2,35,36,40);/t23-,24-,25-;/m0./s1. The van der Waals surface area contributed by atoms with Crippen molar-refractivity contribution in [2.24, 2.45) is 11.1 Å². The summed E-state index contributed by atoms with van der Waals surface area (Å²) >= 11 is 0. The van der Waals surface area contributed by atoms with Gasteiger partial charge in [0.15, 0.2) is 0 Å². The summed E-state index contributed by atoms with van der Waals surface area (Å²) in [6.45, 7) is 17.1. The molecular weight excluding hydrogens is 580 g/mol. The van der Waals surface area contributed by atoms with Gasteiger partial charge in [0.25, 0.3) is 0 Å². The van der Waals surface area contributed by atoms with E-state index in [4.69, 9.17) is 24.8 Å². The first-order chi connectivity index (χ1) is 20.7.